The molecule has 22 heavy (non-hydrogen) atoms. The average Bonchev–Trinajstić information content (AvgIpc) is 3.18. The summed E-state index contributed by atoms with van der Waals surface area (Å²) in [7, 11) is 0. The maximum absolute atomic E-state index is 12.5. The van der Waals surface area contributed by atoms with E-state index >= 15 is 0 Å². The van der Waals surface area contributed by atoms with Gasteiger partial charge in [0.2, 0.25) is 0 Å². The van der Waals surface area contributed by atoms with Crippen LogP contribution in [-0.2, 0) is 6.42 Å². The van der Waals surface area contributed by atoms with Crippen LogP contribution in [0.25, 0.3) is 11.8 Å². The van der Waals surface area contributed by atoms with E-state index < -0.39 is 0 Å². The van der Waals surface area contributed by atoms with Gasteiger partial charge in [0.1, 0.15) is 0 Å². The van der Waals surface area contributed by atoms with Crippen LogP contribution < -0.4 is 0 Å². The van der Waals surface area contributed by atoms with Gasteiger partial charge in [0, 0.05) is 35.5 Å². The first-order valence-electron chi connectivity index (χ1n) is 7.25. The number of carbonyl (C=O) groups excluding carboxylic acids is 1. The Bertz CT molecular complexity index is 876. The van der Waals surface area contributed by atoms with Gasteiger partial charge < -0.3 is 0 Å². The minimum Gasteiger partial charge on any atom is -0.289 e. The average molecular weight is 286 g/mol. The van der Waals surface area contributed by atoms with Crippen LogP contribution in [0.1, 0.15) is 21.5 Å². The zero-order chi connectivity index (χ0) is 14.9. The van der Waals surface area contributed by atoms with Gasteiger partial charge in [-0.25, -0.2) is 4.68 Å². The molecule has 1 heterocycles. The van der Waals surface area contributed by atoms with Crippen molar-refractivity contribution in [3.8, 4) is 5.69 Å². The van der Waals surface area contributed by atoms with Gasteiger partial charge in [-0.2, -0.15) is 5.10 Å². The third kappa shape index (κ3) is 2.07. The fraction of sp³-hybridized carbons (Fsp3) is 0.0526. The van der Waals surface area contributed by atoms with Crippen molar-refractivity contribution in [3.63, 3.8) is 0 Å². The Labute approximate surface area is 128 Å². The minimum absolute atomic E-state index is 0.130. The number of ketones is 1. The van der Waals surface area contributed by atoms with Gasteiger partial charge in [-0.3, -0.25) is 4.79 Å². The molecule has 1 aromatic heterocycles. The molecule has 3 aromatic rings. The monoisotopic (exact) mass is 286 g/mol. The van der Waals surface area contributed by atoms with E-state index in [4.69, 9.17) is 0 Å². The lowest BCUT2D eigenvalue weighted by Crippen LogP contribution is -1.99. The summed E-state index contributed by atoms with van der Waals surface area (Å²) < 4.78 is 1.82. The van der Waals surface area contributed by atoms with Crippen molar-refractivity contribution in [1.29, 1.82) is 0 Å². The zero-order valence-electron chi connectivity index (χ0n) is 11.9. The zero-order valence-corrected chi connectivity index (χ0v) is 11.9. The molecular weight excluding hydrogens is 272 g/mol. The molecule has 4 rings (SSSR count). The van der Waals surface area contributed by atoms with Crippen LogP contribution in [0.15, 0.2) is 72.6 Å². The van der Waals surface area contributed by atoms with Crippen molar-refractivity contribution in [2.75, 3.05) is 0 Å². The first-order chi connectivity index (χ1) is 10.8. The summed E-state index contributed by atoms with van der Waals surface area (Å²) in [4.78, 5) is 12.5. The Morgan fingerprint density at radius 3 is 2.64 bits per heavy atom. The summed E-state index contributed by atoms with van der Waals surface area (Å²) in [6.45, 7) is 0. The molecule has 0 bridgehead atoms. The van der Waals surface area contributed by atoms with E-state index in [2.05, 4.69) is 5.10 Å². The highest BCUT2D eigenvalue weighted by atomic mass is 16.1. The van der Waals surface area contributed by atoms with E-state index in [1.54, 1.807) is 6.20 Å². The number of carbonyl (C=O) groups is 1. The smallest absolute Gasteiger partial charge is 0.189 e. The molecular formula is C19H14N2O. The molecule has 0 unspecified atom stereocenters. The van der Waals surface area contributed by atoms with Gasteiger partial charge >= 0.3 is 0 Å². The second-order valence-electron chi connectivity index (χ2n) is 5.34. The maximum Gasteiger partial charge on any atom is 0.189 e. The quantitative estimate of drug-likeness (QED) is 0.673. The number of fused-ring (bicyclic) bond motifs is 1. The van der Waals surface area contributed by atoms with E-state index in [9.17, 15) is 4.79 Å². The largest absolute Gasteiger partial charge is 0.289 e. The van der Waals surface area contributed by atoms with Crippen molar-refractivity contribution in [2.24, 2.45) is 0 Å². The Balaban J connectivity index is 1.78. The molecule has 0 amide bonds. The van der Waals surface area contributed by atoms with Gasteiger partial charge in [0.15, 0.2) is 5.78 Å². The number of hydrogen-bond donors (Lipinski definition) is 0. The number of nitrogens with zero attached hydrogens (tertiary/aromatic N) is 2. The summed E-state index contributed by atoms with van der Waals surface area (Å²) in [5.41, 5.74) is 4.74. The maximum atomic E-state index is 12.5. The summed E-state index contributed by atoms with van der Waals surface area (Å²) >= 11 is 0. The fourth-order valence-electron chi connectivity index (χ4n) is 2.89. The molecule has 1 aliphatic rings. The van der Waals surface area contributed by atoms with Gasteiger partial charge in [-0.05, 0) is 23.8 Å². The molecule has 3 heteroatoms. The highest BCUT2D eigenvalue weighted by Gasteiger charge is 2.24. The normalized spacial score (nSPS) is 15.3. The molecule has 0 fully saturated rings. The van der Waals surface area contributed by atoms with Crippen LogP contribution in [-0.4, -0.2) is 15.6 Å². The number of rotatable bonds is 2. The summed E-state index contributed by atoms with van der Waals surface area (Å²) in [5.74, 6) is 0.130. The third-order valence-electron chi connectivity index (χ3n) is 3.95. The van der Waals surface area contributed by atoms with Crippen LogP contribution in [0.5, 0.6) is 0 Å². The molecule has 3 nitrogen and oxygen atoms in total. The number of para-hydroxylation sites is 1. The molecule has 2 aromatic carbocycles. The van der Waals surface area contributed by atoms with Crippen LogP contribution in [0.4, 0.5) is 0 Å². The number of allylic oxidation sites excluding steroid dienone is 1. The van der Waals surface area contributed by atoms with E-state index in [-0.39, 0.29) is 5.78 Å². The lowest BCUT2D eigenvalue weighted by Gasteiger charge is -2.06. The predicted molar refractivity (Wildman–Crippen MR) is 86.0 cm³/mol. The highest BCUT2D eigenvalue weighted by Crippen LogP contribution is 2.28. The second-order valence-corrected chi connectivity index (χ2v) is 5.34. The van der Waals surface area contributed by atoms with Crippen LogP contribution in [0.2, 0.25) is 0 Å². The molecule has 0 atom stereocenters. The summed E-state index contributed by atoms with van der Waals surface area (Å²) in [5, 5.41) is 4.28. The van der Waals surface area contributed by atoms with E-state index in [1.807, 2.05) is 71.6 Å². The number of benzene rings is 2. The Kier molecular flexibility index (Phi) is 2.97. The molecule has 1 aliphatic carbocycles. The Hall–Kier alpha value is -2.94. The van der Waals surface area contributed by atoms with Gasteiger partial charge in [-0.15, -0.1) is 0 Å². The van der Waals surface area contributed by atoms with Crippen molar-refractivity contribution < 1.29 is 4.79 Å². The van der Waals surface area contributed by atoms with E-state index in [0.717, 1.165) is 28.0 Å². The number of Topliss-reactive ketones (excluding diaryl/α,β-unsaturated/α-hetero) is 1. The molecule has 0 aliphatic heterocycles. The number of aromatic nitrogens is 2. The topological polar surface area (TPSA) is 34.9 Å². The Morgan fingerprint density at radius 1 is 1.00 bits per heavy atom. The van der Waals surface area contributed by atoms with Crippen LogP contribution in [0, 0.1) is 0 Å². The van der Waals surface area contributed by atoms with E-state index in [0.29, 0.717) is 6.42 Å². The van der Waals surface area contributed by atoms with Crippen molar-refractivity contribution in [3.05, 3.63) is 89.3 Å². The predicted octanol–water partition coefficient (Wildman–Crippen LogP) is 3.69. The lowest BCUT2D eigenvalue weighted by molar-refractivity contribution is 0.104. The minimum atomic E-state index is 0.130. The molecule has 106 valence electrons. The van der Waals surface area contributed by atoms with Crippen molar-refractivity contribution in [2.45, 2.75) is 6.42 Å². The summed E-state index contributed by atoms with van der Waals surface area (Å²) in [6.07, 6.45) is 6.34. The van der Waals surface area contributed by atoms with Gasteiger partial charge in [0.25, 0.3) is 0 Å². The molecule has 0 N–H and O–H groups in total. The van der Waals surface area contributed by atoms with Crippen molar-refractivity contribution >= 4 is 11.9 Å². The van der Waals surface area contributed by atoms with Gasteiger partial charge in [0.05, 0.1) is 5.69 Å². The Morgan fingerprint density at radius 2 is 1.82 bits per heavy atom. The number of hydrogen-bond acceptors (Lipinski definition) is 2. The molecule has 0 saturated carbocycles. The van der Waals surface area contributed by atoms with E-state index in [1.165, 1.54) is 0 Å². The molecule has 0 radical (unpaired) electrons. The van der Waals surface area contributed by atoms with Gasteiger partial charge in [-0.1, -0.05) is 42.5 Å². The first kappa shape index (κ1) is 12.8. The first-order valence-corrected chi connectivity index (χ1v) is 7.25. The van der Waals surface area contributed by atoms with Crippen LogP contribution in [0.3, 0.4) is 0 Å². The standard InChI is InChI=1S/C19H14N2O/c22-19-16(12-14-6-1-3-8-17(14)19)13-15-7-2-4-9-18(15)21-11-5-10-20-21/h1-11,13H,12H2. The molecule has 0 saturated heterocycles. The highest BCUT2D eigenvalue weighted by molar-refractivity contribution is 6.15. The lowest BCUT2D eigenvalue weighted by atomic mass is 10.1. The van der Waals surface area contributed by atoms with Crippen LogP contribution >= 0.6 is 0 Å². The fourth-order valence-corrected chi connectivity index (χ4v) is 2.89. The third-order valence-corrected chi connectivity index (χ3v) is 3.95. The second kappa shape index (κ2) is 5.11. The molecule has 0 spiro atoms. The summed E-state index contributed by atoms with van der Waals surface area (Å²) in [6, 6.07) is 17.7. The van der Waals surface area contributed by atoms with Crippen molar-refractivity contribution in [1.82, 2.24) is 9.78 Å². The SMILES string of the molecule is O=C1C(=Cc2ccccc2-n2cccn2)Cc2ccccc21.